The fourth-order valence-corrected chi connectivity index (χ4v) is 4.60. The first-order chi connectivity index (χ1) is 16.5. The highest BCUT2D eigenvalue weighted by atomic mass is 16.5. The quantitative estimate of drug-likeness (QED) is 0.576. The molecule has 3 atom stereocenters. The summed E-state index contributed by atoms with van der Waals surface area (Å²) in [5.74, 6) is -0.780. The Morgan fingerprint density at radius 3 is 2.76 bits per heavy atom. The lowest BCUT2D eigenvalue weighted by molar-refractivity contribution is -0.138. The Balaban J connectivity index is 1.37. The van der Waals surface area contributed by atoms with Crippen LogP contribution in [0.25, 0.3) is 5.69 Å². The van der Waals surface area contributed by atoms with Gasteiger partial charge in [0.1, 0.15) is 24.4 Å². The molecule has 2 fully saturated rings. The van der Waals surface area contributed by atoms with Crippen molar-refractivity contribution in [1.82, 2.24) is 19.8 Å². The number of hydrogen-bond donors (Lipinski definition) is 2. The van der Waals surface area contributed by atoms with E-state index in [0.717, 1.165) is 5.69 Å². The second-order valence-electron chi connectivity index (χ2n) is 8.50. The lowest BCUT2D eigenvalue weighted by Crippen LogP contribution is -2.53. The number of aromatic hydroxyl groups is 1. The minimum atomic E-state index is -0.908. The number of aromatic nitrogens is 2. The van der Waals surface area contributed by atoms with Crippen LogP contribution in [-0.2, 0) is 20.7 Å². The molecule has 0 aliphatic carbocycles. The van der Waals surface area contributed by atoms with Crippen molar-refractivity contribution in [2.24, 2.45) is 0 Å². The van der Waals surface area contributed by atoms with Gasteiger partial charge in [-0.15, -0.1) is 0 Å². The van der Waals surface area contributed by atoms with E-state index in [0.29, 0.717) is 24.1 Å². The molecule has 2 aromatic carbocycles. The summed E-state index contributed by atoms with van der Waals surface area (Å²) in [5, 5.41) is 12.7. The van der Waals surface area contributed by atoms with Crippen LogP contribution in [0.5, 0.6) is 5.75 Å². The molecule has 9 nitrogen and oxygen atoms in total. The third kappa shape index (κ3) is 4.29. The van der Waals surface area contributed by atoms with E-state index in [2.05, 4.69) is 10.3 Å². The van der Waals surface area contributed by atoms with Crippen molar-refractivity contribution in [2.45, 2.75) is 31.0 Å². The maximum Gasteiger partial charge on any atom is 0.251 e. The molecule has 9 heteroatoms. The molecular formula is C25H24N4O5. The van der Waals surface area contributed by atoms with Gasteiger partial charge in [-0.05, 0) is 48.4 Å². The molecule has 2 aliphatic rings. The first-order valence-electron chi connectivity index (χ1n) is 11.1. The Morgan fingerprint density at radius 1 is 1.21 bits per heavy atom. The van der Waals surface area contributed by atoms with Crippen molar-refractivity contribution in [1.29, 1.82) is 0 Å². The van der Waals surface area contributed by atoms with Crippen molar-refractivity contribution < 1.29 is 24.2 Å². The number of nitrogens with zero attached hydrogens (tertiary/aromatic N) is 3. The van der Waals surface area contributed by atoms with E-state index in [-0.39, 0.29) is 36.6 Å². The van der Waals surface area contributed by atoms with Crippen LogP contribution >= 0.6 is 0 Å². The maximum absolute atomic E-state index is 13.5. The topological polar surface area (TPSA) is 114 Å². The number of phenolic OH excluding ortho intramolecular Hbond substituents is 1. The standard InChI is InChI=1S/C25H24N4O5/c30-19-3-1-2-16(12-19)13-20(25(33)29-10-8-22-23(29)21(31)14-34-22)27-24(32)17-4-6-18(7-5-17)28-11-9-26-15-28/h1-7,9,11-12,15,20,22-23,30H,8,10,13-14H2,(H,27,32). The van der Waals surface area contributed by atoms with E-state index in [9.17, 15) is 19.5 Å². The van der Waals surface area contributed by atoms with Gasteiger partial charge >= 0.3 is 0 Å². The van der Waals surface area contributed by atoms with E-state index in [1.54, 1.807) is 67.3 Å². The molecule has 2 aliphatic heterocycles. The molecular weight excluding hydrogens is 436 g/mol. The van der Waals surface area contributed by atoms with E-state index in [1.807, 2.05) is 4.57 Å². The minimum Gasteiger partial charge on any atom is -0.508 e. The van der Waals surface area contributed by atoms with Gasteiger partial charge in [0, 0.05) is 36.6 Å². The average molecular weight is 460 g/mol. The Bertz CT molecular complexity index is 1210. The van der Waals surface area contributed by atoms with Crippen LogP contribution in [-0.4, -0.2) is 68.5 Å². The number of hydrogen-bond acceptors (Lipinski definition) is 6. The van der Waals surface area contributed by atoms with Gasteiger partial charge in [0.05, 0.1) is 12.4 Å². The molecule has 1 aromatic heterocycles. The summed E-state index contributed by atoms with van der Waals surface area (Å²) in [4.78, 5) is 44.5. The fraction of sp³-hybridized carbons (Fsp3) is 0.280. The second-order valence-corrected chi connectivity index (χ2v) is 8.50. The lowest BCUT2D eigenvalue weighted by Gasteiger charge is -2.27. The predicted molar refractivity (Wildman–Crippen MR) is 121 cm³/mol. The molecule has 34 heavy (non-hydrogen) atoms. The zero-order valence-electron chi connectivity index (χ0n) is 18.3. The van der Waals surface area contributed by atoms with Gasteiger partial charge in [-0.25, -0.2) is 4.98 Å². The second kappa shape index (κ2) is 9.11. The largest absolute Gasteiger partial charge is 0.508 e. The number of rotatable bonds is 6. The zero-order chi connectivity index (χ0) is 23.7. The summed E-state index contributed by atoms with van der Waals surface area (Å²) in [6.07, 6.45) is 5.61. The predicted octanol–water partition coefficient (Wildman–Crippen LogP) is 1.49. The van der Waals surface area contributed by atoms with Gasteiger partial charge in [0.25, 0.3) is 5.91 Å². The van der Waals surface area contributed by atoms with Gasteiger partial charge in [-0.3, -0.25) is 14.4 Å². The summed E-state index contributed by atoms with van der Waals surface area (Å²) in [5.41, 5.74) is 1.94. The average Bonchev–Trinajstić information content (AvgIpc) is 3.58. The van der Waals surface area contributed by atoms with Gasteiger partial charge in [0.2, 0.25) is 5.91 Å². The highest BCUT2D eigenvalue weighted by Crippen LogP contribution is 2.28. The summed E-state index contributed by atoms with van der Waals surface area (Å²) in [7, 11) is 0. The van der Waals surface area contributed by atoms with Crippen LogP contribution < -0.4 is 5.32 Å². The fourth-order valence-electron chi connectivity index (χ4n) is 4.60. The Hall–Kier alpha value is -3.98. The van der Waals surface area contributed by atoms with E-state index in [1.165, 1.54) is 4.90 Å². The first-order valence-corrected chi connectivity index (χ1v) is 11.1. The van der Waals surface area contributed by atoms with Crippen molar-refractivity contribution >= 4 is 17.6 Å². The lowest BCUT2D eigenvalue weighted by atomic mass is 10.0. The molecule has 2 amide bonds. The molecule has 2 saturated heterocycles. The van der Waals surface area contributed by atoms with Gasteiger partial charge < -0.3 is 24.6 Å². The van der Waals surface area contributed by atoms with Crippen LogP contribution in [0.15, 0.2) is 67.3 Å². The Kier molecular flexibility index (Phi) is 5.85. The third-order valence-corrected chi connectivity index (χ3v) is 6.28. The van der Waals surface area contributed by atoms with E-state index >= 15 is 0 Å². The molecule has 0 bridgehead atoms. The summed E-state index contributed by atoms with van der Waals surface area (Å²) >= 11 is 0. The summed E-state index contributed by atoms with van der Waals surface area (Å²) < 4.78 is 7.33. The monoisotopic (exact) mass is 460 g/mol. The smallest absolute Gasteiger partial charge is 0.251 e. The van der Waals surface area contributed by atoms with Crippen LogP contribution in [0.2, 0.25) is 0 Å². The number of Topliss-reactive ketones (excluding diaryl/α,β-unsaturated/α-hetero) is 1. The number of amides is 2. The number of imidazole rings is 1. The zero-order valence-corrected chi connectivity index (χ0v) is 18.3. The van der Waals surface area contributed by atoms with Crippen LogP contribution in [0.4, 0.5) is 0 Å². The van der Waals surface area contributed by atoms with Gasteiger partial charge in [-0.2, -0.15) is 0 Å². The van der Waals surface area contributed by atoms with E-state index in [4.69, 9.17) is 4.74 Å². The summed E-state index contributed by atoms with van der Waals surface area (Å²) in [6.45, 7) is 0.401. The van der Waals surface area contributed by atoms with E-state index < -0.39 is 18.0 Å². The highest BCUT2D eigenvalue weighted by molar-refractivity contribution is 5.99. The number of nitrogens with one attached hydrogen (secondary N) is 1. The molecule has 0 spiro atoms. The first kappa shape index (κ1) is 21.8. The maximum atomic E-state index is 13.5. The van der Waals surface area contributed by atoms with Crippen molar-refractivity contribution in [3.63, 3.8) is 0 Å². The van der Waals surface area contributed by atoms with Crippen molar-refractivity contribution in [3.05, 3.63) is 78.4 Å². The van der Waals surface area contributed by atoms with Crippen LogP contribution in [0.3, 0.4) is 0 Å². The molecule has 0 radical (unpaired) electrons. The number of phenols is 1. The molecule has 3 unspecified atom stereocenters. The number of carbonyl (C=O) groups is 3. The highest BCUT2D eigenvalue weighted by Gasteiger charge is 2.48. The third-order valence-electron chi connectivity index (χ3n) is 6.28. The molecule has 174 valence electrons. The summed E-state index contributed by atoms with van der Waals surface area (Å²) in [6, 6.07) is 12.0. The molecule has 5 rings (SSSR count). The Morgan fingerprint density at radius 2 is 2.03 bits per heavy atom. The van der Waals surface area contributed by atoms with Crippen LogP contribution in [0, 0.1) is 0 Å². The number of ketones is 1. The number of carbonyl (C=O) groups excluding carboxylic acids is 3. The number of likely N-dealkylation sites (tertiary alicyclic amines) is 1. The minimum absolute atomic E-state index is 0.00591. The number of ether oxygens (including phenoxy) is 1. The Labute approximate surface area is 196 Å². The number of fused-ring (bicyclic) bond motifs is 1. The molecule has 0 saturated carbocycles. The molecule has 2 N–H and O–H groups in total. The normalized spacial score (nSPS) is 20.2. The van der Waals surface area contributed by atoms with Crippen LogP contribution in [0.1, 0.15) is 22.3 Å². The van der Waals surface area contributed by atoms with Gasteiger partial charge in [-0.1, -0.05) is 12.1 Å². The molecule has 3 aromatic rings. The van der Waals surface area contributed by atoms with Crippen molar-refractivity contribution in [3.8, 4) is 11.4 Å². The van der Waals surface area contributed by atoms with Gasteiger partial charge in [0.15, 0.2) is 5.78 Å². The molecule has 3 heterocycles. The number of benzene rings is 2. The van der Waals surface area contributed by atoms with Crippen molar-refractivity contribution in [2.75, 3.05) is 13.2 Å². The SMILES string of the molecule is O=C(NC(Cc1cccc(O)c1)C(=O)N1CCC2OCC(=O)C21)c1ccc(-n2ccnc2)cc1.